The van der Waals surface area contributed by atoms with Crippen LogP contribution in [0.3, 0.4) is 0 Å². The third kappa shape index (κ3) is 4.12. The lowest BCUT2D eigenvalue weighted by atomic mass is 10.0. The van der Waals surface area contributed by atoms with Gasteiger partial charge in [0.1, 0.15) is 0 Å². The maximum atomic E-state index is 3.60. The Morgan fingerprint density at radius 3 is 2.60 bits per heavy atom. The van der Waals surface area contributed by atoms with E-state index < -0.39 is 0 Å². The maximum Gasteiger partial charge on any atom is 0.0104 e. The Balaban J connectivity index is 1.48. The second-order valence-electron chi connectivity index (χ2n) is 5.40. The van der Waals surface area contributed by atoms with E-state index in [0.29, 0.717) is 0 Å². The Hall–Kier alpha value is -0.0800. The maximum absolute atomic E-state index is 3.60. The van der Waals surface area contributed by atoms with Gasteiger partial charge in [-0.25, -0.2) is 0 Å². The van der Waals surface area contributed by atoms with Crippen LogP contribution in [0.15, 0.2) is 0 Å². The van der Waals surface area contributed by atoms with Gasteiger partial charge in [0, 0.05) is 6.04 Å². The number of hydrogen-bond acceptors (Lipinski definition) is 2. The molecular weight excluding hydrogens is 184 g/mol. The molecule has 0 aromatic heterocycles. The molecule has 1 atom stereocenters. The highest BCUT2D eigenvalue weighted by Gasteiger charge is 2.20. The summed E-state index contributed by atoms with van der Waals surface area (Å²) in [4.78, 5) is 2.55. The largest absolute Gasteiger partial charge is 0.317 e. The van der Waals surface area contributed by atoms with Crippen LogP contribution in [0, 0.1) is 5.92 Å². The normalized spacial score (nSPS) is 28.2. The highest BCUT2D eigenvalue weighted by Crippen LogP contribution is 2.31. The lowest BCUT2D eigenvalue weighted by molar-refractivity contribution is 0.175. The molecule has 1 unspecified atom stereocenters. The molecule has 1 aliphatic heterocycles. The summed E-state index contributed by atoms with van der Waals surface area (Å²) in [6, 6.07) is 0.854. The van der Waals surface area contributed by atoms with Crippen LogP contribution in [0.5, 0.6) is 0 Å². The fraction of sp³-hybridized carbons (Fsp3) is 1.00. The third-order valence-electron chi connectivity index (χ3n) is 4.00. The van der Waals surface area contributed by atoms with Crippen molar-refractivity contribution in [3.05, 3.63) is 0 Å². The Morgan fingerprint density at radius 2 is 1.87 bits per heavy atom. The van der Waals surface area contributed by atoms with Crippen LogP contribution < -0.4 is 5.32 Å². The lowest BCUT2D eigenvalue weighted by Crippen LogP contribution is -2.38. The molecule has 0 spiro atoms. The monoisotopic (exact) mass is 210 g/mol. The van der Waals surface area contributed by atoms with Crippen LogP contribution in [0.1, 0.15) is 44.9 Å². The molecular formula is C13H26N2. The zero-order valence-corrected chi connectivity index (χ0v) is 10.2. The highest BCUT2D eigenvalue weighted by atomic mass is 15.1. The first-order valence-corrected chi connectivity index (χ1v) is 6.77. The molecule has 15 heavy (non-hydrogen) atoms. The van der Waals surface area contributed by atoms with Crippen LogP contribution in [0.25, 0.3) is 0 Å². The van der Waals surface area contributed by atoms with Gasteiger partial charge in [-0.3, -0.25) is 0 Å². The molecule has 1 heterocycles. The SMILES string of the molecule is CN1CCCCC1CCNCCC1CC1. The molecule has 1 saturated heterocycles. The summed E-state index contributed by atoms with van der Waals surface area (Å²) in [5, 5.41) is 3.60. The van der Waals surface area contributed by atoms with Gasteiger partial charge in [-0.15, -0.1) is 0 Å². The van der Waals surface area contributed by atoms with E-state index in [0.717, 1.165) is 12.0 Å². The Morgan fingerprint density at radius 1 is 1.07 bits per heavy atom. The molecule has 0 bridgehead atoms. The van der Waals surface area contributed by atoms with E-state index in [-0.39, 0.29) is 0 Å². The van der Waals surface area contributed by atoms with Crippen LogP contribution in [0.4, 0.5) is 0 Å². The summed E-state index contributed by atoms with van der Waals surface area (Å²) < 4.78 is 0. The number of hydrogen-bond donors (Lipinski definition) is 1. The van der Waals surface area contributed by atoms with Crippen LogP contribution >= 0.6 is 0 Å². The topological polar surface area (TPSA) is 15.3 Å². The van der Waals surface area contributed by atoms with Gasteiger partial charge in [0.15, 0.2) is 0 Å². The van der Waals surface area contributed by atoms with Gasteiger partial charge in [-0.05, 0) is 58.3 Å². The summed E-state index contributed by atoms with van der Waals surface area (Å²) in [6.45, 7) is 3.79. The molecule has 2 aliphatic rings. The quantitative estimate of drug-likeness (QED) is 0.676. The fourth-order valence-electron chi connectivity index (χ4n) is 2.62. The predicted molar refractivity (Wildman–Crippen MR) is 65.1 cm³/mol. The van der Waals surface area contributed by atoms with E-state index in [1.54, 1.807) is 0 Å². The molecule has 1 N–H and O–H groups in total. The summed E-state index contributed by atoms with van der Waals surface area (Å²) in [5.41, 5.74) is 0. The summed E-state index contributed by atoms with van der Waals surface area (Å²) >= 11 is 0. The van der Waals surface area contributed by atoms with Gasteiger partial charge in [0.2, 0.25) is 0 Å². The summed E-state index contributed by atoms with van der Waals surface area (Å²) in [5.74, 6) is 1.08. The van der Waals surface area contributed by atoms with E-state index in [4.69, 9.17) is 0 Å². The zero-order valence-electron chi connectivity index (χ0n) is 10.2. The molecule has 1 aliphatic carbocycles. The van der Waals surface area contributed by atoms with Crippen LogP contribution in [-0.4, -0.2) is 37.6 Å². The molecule has 0 radical (unpaired) electrons. The zero-order chi connectivity index (χ0) is 10.5. The molecule has 0 aromatic carbocycles. The second-order valence-corrected chi connectivity index (χ2v) is 5.40. The number of rotatable bonds is 6. The van der Waals surface area contributed by atoms with Crippen molar-refractivity contribution in [3.63, 3.8) is 0 Å². The number of piperidine rings is 1. The van der Waals surface area contributed by atoms with Crippen LogP contribution in [0.2, 0.25) is 0 Å². The summed E-state index contributed by atoms with van der Waals surface area (Å²) in [6.07, 6.45) is 10.0. The van der Waals surface area contributed by atoms with Crippen molar-refractivity contribution in [1.82, 2.24) is 10.2 Å². The molecule has 2 heteroatoms. The van der Waals surface area contributed by atoms with Gasteiger partial charge in [0.05, 0.1) is 0 Å². The van der Waals surface area contributed by atoms with E-state index in [2.05, 4.69) is 17.3 Å². The van der Waals surface area contributed by atoms with Gasteiger partial charge in [0.25, 0.3) is 0 Å². The van der Waals surface area contributed by atoms with Gasteiger partial charge in [-0.1, -0.05) is 19.3 Å². The standard InChI is InChI=1S/C13H26N2/c1-15-11-3-2-4-13(15)8-10-14-9-7-12-5-6-12/h12-14H,2-11H2,1H3. The van der Waals surface area contributed by atoms with Crippen molar-refractivity contribution in [2.24, 2.45) is 5.92 Å². The van der Waals surface area contributed by atoms with Crippen molar-refractivity contribution in [3.8, 4) is 0 Å². The third-order valence-corrected chi connectivity index (χ3v) is 4.00. The summed E-state index contributed by atoms with van der Waals surface area (Å²) in [7, 11) is 2.29. The number of nitrogens with zero attached hydrogens (tertiary/aromatic N) is 1. The van der Waals surface area contributed by atoms with Crippen molar-refractivity contribution < 1.29 is 0 Å². The highest BCUT2D eigenvalue weighted by molar-refractivity contribution is 4.76. The first-order chi connectivity index (χ1) is 7.36. The van der Waals surface area contributed by atoms with Gasteiger partial charge in [-0.2, -0.15) is 0 Å². The molecule has 1 saturated carbocycles. The smallest absolute Gasteiger partial charge is 0.0104 e. The molecule has 0 aromatic rings. The van der Waals surface area contributed by atoms with E-state index in [1.165, 1.54) is 64.6 Å². The Kier molecular flexibility index (Phi) is 4.45. The average Bonchev–Trinajstić information content (AvgIpc) is 3.04. The number of likely N-dealkylation sites (tertiary alicyclic amines) is 1. The first-order valence-electron chi connectivity index (χ1n) is 6.77. The second kappa shape index (κ2) is 5.86. The minimum absolute atomic E-state index is 0.854. The van der Waals surface area contributed by atoms with Gasteiger partial charge >= 0.3 is 0 Å². The van der Waals surface area contributed by atoms with Crippen molar-refractivity contribution in [2.45, 2.75) is 51.0 Å². The molecule has 2 rings (SSSR count). The predicted octanol–water partition coefficient (Wildman–Crippen LogP) is 2.25. The van der Waals surface area contributed by atoms with Crippen LogP contribution in [-0.2, 0) is 0 Å². The van der Waals surface area contributed by atoms with E-state index in [1.807, 2.05) is 0 Å². The van der Waals surface area contributed by atoms with Crippen molar-refractivity contribution in [1.29, 1.82) is 0 Å². The molecule has 0 amide bonds. The molecule has 88 valence electrons. The van der Waals surface area contributed by atoms with E-state index in [9.17, 15) is 0 Å². The average molecular weight is 210 g/mol. The first kappa shape index (κ1) is 11.4. The Bertz CT molecular complexity index is 177. The fourth-order valence-corrected chi connectivity index (χ4v) is 2.62. The van der Waals surface area contributed by atoms with E-state index >= 15 is 0 Å². The minimum atomic E-state index is 0.854. The Labute approximate surface area is 94.4 Å². The van der Waals surface area contributed by atoms with Gasteiger partial charge < -0.3 is 10.2 Å². The minimum Gasteiger partial charge on any atom is -0.317 e. The lowest BCUT2D eigenvalue weighted by Gasteiger charge is -2.32. The van der Waals surface area contributed by atoms with Crippen molar-refractivity contribution in [2.75, 3.05) is 26.7 Å². The number of nitrogens with one attached hydrogen (secondary N) is 1. The molecule has 2 fully saturated rings. The van der Waals surface area contributed by atoms with Crippen molar-refractivity contribution >= 4 is 0 Å². The molecule has 2 nitrogen and oxygen atoms in total.